The predicted octanol–water partition coefficient (Wildman–Crippen LogP) is 7.08. The quantitative estimate of drug-likeness (QED) is 0.441. The fourth-order valence-corrected chi connectivity index (χ4v) is 4.58. The van der Waals surface area contributed by atoms with E-state index in [1.54, 1.807) is 0 Å². The smallest absolute Gasteiger partial charge is 0.0660 e. The Morgan fingerprint density at radius 2 is 0.889 bits per heavy atom. The molecule has 0 fully saturated rings. The highest BCUT2D eigenvalue weighted by Crippen LogP contribution is 2.51. The fourth-order valence-electron chi connectivity index (χ4n) is 4.58. The third kappa shape index (κ3) is 2.77. The van der Waals surface area contributed by atoms with E-state index in [0.29, 0.717) is 0 Å². The summed E-state index contributed by atoms with van der Waals surface area (Å²) in [7, 11) is 0. The van der Waals surface area contributed by atoms with Crippen molar-refractivity contribution in [3.05, 3.63) is 130 Å². The minimum atomic E-state index is -0.271. The van der Waals surface area contributed by atoms with Crippen LogP contribution in [0.2, 0.25) is 0 Å². The van der Waals surface area contributed by atoms with E-state index >= 15 is 0 Å². The molecule has 0 saturated heterocycles. The number of allylic oxidation sites excluding steroid dienone is 4. The zero-order valence-electron chi connectivity index (χ0n) is 16.4. The van der Waals surface area contributed by atoms with Crippen molar-refractivity contribution < 1.29 is 0 Å². The summed E-state index contributed by atoms with van der Waals surface area (Å²) in [4.78, 5) is 0. The first-order valence-corrected chi connectivity index (χ1v) is 9.69. The van der Waals surface area contributed by atoms with Crippen LogP contribution in [0.5, 0.6) is 0 Å². The van der Waals surface area contributed by atoms with Gasteiger partial charge in [0, 0.05) is 0 Å². The van der Waals surface area contributed by atoms with Gasteiger partial charge in [-0.1, -0.05) is 96.6 Å². The van der Waals surface area contributed by atoms with Crippen LogP contribution in [0.4, 0.5) is 0 Å². The highest BCUT2D eigenvalue weighted by atomic mass is 14.4. The summed E-state index contributed by atoms with van der Waals surface area (Å²) in [5.41, 5.74) is 9.59. The van der Waals surface area contributed by atoms with Crippen molar-refractivity contribution in [3.8, 4) is 0 Å². The van der Waals surface area contributed by atoms with Gasteiger partial charge in [-0.25, -0.2) is 0 Å². The lowest BCUT2D eigenvalue weighted by atomic mass is 9.63. The number of hydrogen-bond acceptors (Lipinski definition) is 0. The average molecular weight is 351 g/mol. The molecular formula is C27H26. The van der Waals surface area contributed by atoms with Gasteiger partial charge in [-0.3, -0.25) is 0 Å². The zero-order chi connectivity index (χ0) is 18.9. The molecular weight excluding hydrogens is 324 g/mol. The molecule has 0 heteroatoms. The van der Waals surface area contributed by atoms with Crippen LogP contribution in [0.1, 0.15) is 43.9 Å². The molecule has 0 spiro atoms. The maximum Gasteiger partial charge on any atom is 0.0670 e. The second kappa shape index (κ2) is 7.04. The van der Waals surface area contributed by atoms with Crippen LogP contribution in [0.3, 0.4) is 0 Å². The molecule has 27 heavy (non-hydrogen) atoms. The maximum atomic E-state index is 2.30. The van der Waals surface area contributed by atoms with Crippen LogP contribution < -0.4 is 0 Å². The van der Waals surface area contributed by atoms with Gasteiger partial charge in [0.25, 0.3) is 0 Å². The van der Waals surface area contributed by atoms with Crippen molar-refractivity contribution >= 4 is 0 Å². The lowest BCUT2D eigenvalue weighted by Crippen LogP contribution is -2.32. The van der Waals surface area contributed by atoms with E-state index in [1.165, 1.54) is 39.0 Å². The molecule has 3 aromatic carbocycles. The van der Waals surface area contributed by atoms with E-state index in [-0.39, 0.29) is 5.41 Å². The number of hydrogen-bond donors (Lipinski definition) is 0. The number of rotatable bonds is 4. The Morgan fingerprint density at radius 1 is 0.519 bits per heavy atom. The molecule has 0 aliphatic heterocycles. The third-order valence-electron chi connectivity index (χ3n) is 6.17. The van der Waals surface area contributed by atoms with Crippen molar-refractivity contribution in [3.63, 3.8) is 0 Å². The summed E-state index contributed by atoms with van der Waals surface area (Å²) in [6.45, 7) is 6.84. The van der Waals surface area contributed by atoms with Gasteiger partial charge in [0.15, 0.2) is 0 Å². The molecule has 0 unspecified atom stereocenters. The molecule has 1 aliphatic rings. The first-order chi connectivity index (χ1) is 13.2. The van der Waals surface area contributed by atoms with E-state index in [9.17, 15) is 0 Å². The van der Waals surface area contributed by atoms with Gasteiger partial charge in [0.05, 0.1) is 5.41 Å². The standard InChI is InChI=1S/C27H26/c1-20-19-26(22(3)21(20)2)27(23-13-7-4-8-14-23,24-15-9-5-10-16-24)25-17-11-6-12-18-25/h4-18H,19H2,1-3H3. The number of benzene rings is 3. The van der Waals surface area contributed by atoms with Gasteiger partial charge < -0.3 is 0 Å². The SMILES string of the molecule is CC1=C(C)C(C)=C(C(c2ccccc2)(c2ccccc2)c2ccccc2)C1. The second-order valence-corrected chi connectivity index (χ2v) is 7.53. The first kappa shape index (κ1) is 17.5. The lowest BCUT2D eigenvalue weighted by Gasteiger charge is -2.38. The van der Waals surface area contributed by atoms with Gasteiger partial charge in [-0.05, 0) is 60.6 Å². The molecule has 0 heterocycles. The highest BCUT2D eigenvalue weighted by molar-refractivity contribution is 5.64. The molecule has 0 amide bonds. The van der Waals surface area contributed by atoms with Crippen LogP contribution in [0.25, 0.3) is 0 Å². The van der Waals surface area contributed by atoms with E-state index in [2.05, 4.69) is 112 Å². The molecule has 4 rings (SSSR count). The first-order valence-electron chi connectivity index (χ1n) is 9.69. The topological polar surface area (TPSA) is 0 Å². The second-order valence-electron chi connectivity index (χ2n) is 7.53. The molecule has 0 radical (unpaired) electrons. The average Bonchev–Trinajstić information content (AvgIpc) is 2.99. The molecule has 0 N–H and O–H groups in total. The van der Waals surface area contributed by atoms with Crippen molar-refractivity contribution in [1.82, 2.24) is 0 Å². The van der Waals surface area contributed by atoms with E-state index < -0.39 is 0 Å². The fraction of sp³-hybridized carbons (Fsp3) is 0.185. The van der Waals surface area contributed by atoms with E-state index in [4.69, 9.17) is 0 Å². The van der Waals surface area contributed by atoms with Crippen LogP contribution >= 0.6 is 0 Å². The summed E-state index contributed by atoms with van der Waals surface area (Å²) in [5.74, 6) is 0. The van der Waals surface area contributed by atoms with Crippen molar-refractivity contribution in [1.29, 1.82) is 0 Å². The van der Waals surface area contributed by atoms with E-state index in [1.807, 2.05) is 0 Å². The van der Waals surface area contributed by atoms with Gasteiger partial charge in [-0.2, -0.15) is 0 Å². The summed E-state index contributed by atoms with van der Waals surface area (Å²) in [5, 5.41) is 0. The Kier molecular flexibility index (Phi) is 4.58. The van der Waals surface area contributed by atoms with Crippen LogP contribution in [-0.2, 0) is 5.41 Å². The summed E-state index contributed by atoms with van der Waals surface area (Å²) in [6, 6.07) is 33.0. The highest BCUT2D eigenvalue weighted by Gasteiger charge is 2.42. The Bertz CT molecular complexity index is 893. The molecule has 0 saturated carbocycles. The molecule has 0 nitrogen and oxygen atoms in total. The van der Waals surface area contributed by atoms with E-state index in [0.717, 1.165) is 6.42 Å². The van der Waals surface area contributed by atoms with Gasteiger partial charge in [-0.15, -0.1) is 0 Å². The minimum Gasteiger partial charge on any atom is -0.0660 e. The molecule has 0 atom stereocenters. The molecule has 134 valence electrons. The molecule has 1 aliphatic carbocycles. The van der Waals surface area contributed by atoms with Gasteiger partial charge >= 0.3 is 0 Å². The molecule has 0 aromatic heterocycles. The van der Waals surface area contributed by atoms with Crippen LogP contribution in [0.15, 0.2) is 113 Å². The monoisotopic (exact) mass is 350 g/mol. The van der Waals surface area contributed by atoms with Crippen molar-refractivity contribution in [2.24, 2.45) is 0 Å². The predicted molar refractivity (Wildman–Crippen MR) is 115 cm³/mol. The maximum absolute atomic E-state index is 2.30. The molecule has 0 bridgehead atoms. The minimum absolute atomic E-state index is 0.271. The molecule has 3 aromatic rings. The lowest BCUT2D eigenvalue weighted by molar-refractivity contribution is 0.700. The zero-order valence-corrected chi connectivity index (χ0v) is 16.4. The summed E-state index contributed by atoms with van der Waals surface area (Å²) in [6.07, 6.45) is 1.02. The van der Waals surface area contributed by atoms with Gasteiger partial charge in [0.1, 0.15) is 0 Å². The van der Waals surface area contributed by atoms with Gasteiger partial charge in [0.2, 0.25) is 0 Å². The van der Waals surface area contributed by atoms with Crippen LogP contribution in [-0.4, -0.2) is 0 Å². The third-order valence-corrected chi connectivity index (χ3v) is 6.17. The Balaban J connectivity index is 2.12. The Labute approximate surface area is 162 Å². The van der Waals surface area contributed by atoms with Crippen molar-refractivity contribution in [2.45, 2.75) is 32.6 Å². The Morgan fingerprint density at radius 3 is 1.19 bits per heavy atom. The van der Waals surface area contributed by atoms with Crippen molar-refractivity contribution in [2.75, 3.05) is 0 Å². The summed E-state index contributed by atoms with van der Waals surface area (Å²) < 4.78 is 0. The summed E-state index contributed by atoms with van der Waals surface area (Å²) >= 11 is 0. The normalized spacial score (nSPS) is 14.8. The van der Waals surface area contributed by atoms with Crippen LogP contribution in [0, 0.1) is 0 Å². The Hall–Kier alpha value is -2.86. The largest absolute Gasteiger partial charge is 0.0670 e.